The van der Waals surface area contributed by atoms with Crippen LogP contribution in [0.2, 0.25) is 0 Å². The van der Waals surface area contributed by atoms with Gasteiger partial charge in [0.1, 0.15) is 11.5 Å². The molecule has 0 aliphatic heterocycles. The van der Waals surface area contributed by atoms with Crippen LogP contribution in [0.1, 0.15) is 11.3 Å². The number of carbonyl (C=O) groups excluding carboxylic acids is 2. The van der Waals surface area contributed by atoms with Gasteiger partial charge in [-0.2, -0.15) is 0 Å². The van der Waals surface area contributed by atoms with Gasteiger partial charge in [-0.15, -0.1) is 11.3 Å². The second-order valence-corrected chi connectivity index (χ2v) is 7.21. The largest absolute Gasteiger partial charge is 0.495 e. The van der Waals surface area contributed by atoms with Crippen LogP contribution in [0.15, 0.2) is 47.8 Å². The molecule has 0 atom stereocenters. The highest BCUT2D eigenvalue weighted by molar-refractivity contribution is 7.14. The number of aromatic nitrogens is 1. The Morgan fingerprint density at radius 2 is 1.70 bits per heavy atom. The monoisotopic (exact) mass is 426 g/mol. The summed E-state index contributed by atoms with van der Waals surface area (Å²) in [5.74, 6) is 0.910. The zero-order chi connectivity index (χ0) is 21.5. The summed E-state index contributed by atoms with van der Waals surface area (Å²) in [4.78, 5) is 28.9. The molecule has 0 saturated heterocycles. The SMILES string of the molecule is COc1ccc(C)cc1NC(=O)Cc1csc(NC(=O)Nc2ccccc2OC)n1. The number of rotatable bonds is 7. The van der Waals surface area contributed by atoms with Gasteiger partial charge >= 0.3 is 6.03 Å². The normalized spacial score (nSPS) is 10.2. The summed E-state index contributed by atoms with van der Waals surface area (Å²) < 4.78 is 10.5. The molecule has 1 heterocycles. The summed E-state index contributed by atoms with van der Waals surface area (Å²) >= 11 is 1.24. The van der Waals surface area contributed by atoms with Crippen LogP contribution < -0.4 is 25.4 Å². The van der Waals surface area contributed by atoms with Gasteiger partial charge in [0.25, 0.3) is 0 Å². The average molecular weight is 426 g/mol. The molecule has 0 spiro atoms. The Morgan fingerprint density at radius 1 is 0.967 bits per heavy atom. The van der Waals surface area contributed by atoms with E-state index in [2.05, 4.69) is 20.9 Å². The Bertz CT molecular complexity index is 1050. The number of nitrogens with zero attached hydrogens (tertiary/aromatic N) is 1. The smallest absolute Gasteiger partial charge is 0.325 e. The van der Waals surface area contributed by atoms with E-state index in [1.165, 1.54) is 18.4 Å². The fourth-order valence-electron chi connectivity index (χ4n) is 2.72. The van der Waals surface area contributed by atoms with E-state index < -0.39 is 6.03 Å². The number of nitrogens with one attached hydrogen (secondary N) is 3. The number of carbonyl (C=O) groups is 2. The first kappa shape index (κ1) is 21.1. The Hall–Kier alpha value is -3.59. The van der Waals surface area contributed by atoms with Crippen LogP contribution in [0, 0.1) is 6.92 Å². The summed E-state index contributed by atoms with van der Waals surface area (Å²) in [5.41, 5.74) is 2.71. The fourth-order valence-corrected chi connectivity index (χ4v) is 3.43. The van der Waals surface area contributed by atoms with E-state index in [0.717, 1.165) is 5.56 Å². The predicted octanol–water partition coefficient (Wildman–Crippen LogP) is 4.29. The first-order chi connectivity index (χ1) is 14.5. The van der Waals surface area contributed by atoms with Gasteiger partial charge in [0.15, 0.2) is 5.13 Å². The van der Waals surface area contributed by atoms with Crippen molar-refractivity contribution in [1.82, 2.24) is 4.98 Å². The van der Waals surface area contributed by atoms with Crippen LogP contribution in [0.5, 0.6) is 11.5 Å². The molecule has 3 rings (SSSR count). The number of anilines is 3. The van der Waals surface area contributed by atoms with Gasteiger partial charge < -0.3 is 20.1 Å². The van der Waals surface area contributed by atoms with Gasteiger partial charge in [-0.05, 0) is 36.8 Å². The minimum Gasteiger partial charge on any atom is -0.495 e. The number of ether oxygens (including phenoxy) is 2. The molecule has 3 amide bonds. The number of amides is 3. The first-order valence-electron chi connectivity index (χ1n) is 9.08. The predicted molar refractivity (Wildman–Crippen MR) is 118 cm³/mol. The van der Waals surface area contributed by atoms with Crippen molar-refractivity contribution in [3.63, 3.8) is 0 Å². The number of methoxy groups -OCH3 is 2. The molecule has 156 valence electrons. The lowest BCUT2D eigenvalue weighted by atomic mass is 10.2. The number of thiazole rings is 1. The van der Waals surface area contributed by atoms with Crippen molar-refractivity contribution >= 4 is 39.8 Å². The number of para-hydroxylation sites is 2. The zero-order valence-electron chi connectivity index (χ0n) is 16.8. The molecule has 3 N–H and O–H groups in total. The van der Waals surface area contributed by atoms with Crippen LogP contribution in [-0.2, 0) is 11.2 Å². The second-order valence-electron chi connectivity index (χ2n) is 6.35. The van der Waals surface area contributed by atoms with Crippen molar-refractivity contribution in [3.8, 4) is 11.5 Å². The summed E-state index contributed by atoms with van der Waals surface area (Å²) in [6.07, 6.45) is 0.0728. The van der Waals surface area contributed by atoms with Crippen LogP contribution in [0.25, 0.3) is 0 Å². The minimum absolute atomic E-state index is 0.0728. The topological polar surface area (TPSA) is 102 Å². The van der Waals surface area contributed by atoms with E-state index >= 15 is 0 Å². The number of hydrogen-bond donors (Lipinski definition) is 3. The van der Waals surface area contributed by atoms with E-state index in [9.17, 15) is 9.59 Å². The molecule has 9 heteroatoms. The second kappa shape index (κ2) is 9.75. The van der Waals surface area contributed by atoms with Crippen molar-refractivity contribution in [3.05, 3.63) is 59.1 Å². The maximum atomic E-state index is 12.4. The molecule has 0 saturated carbocycles. The highest BCUT2D eigenvalue weighted by atomic mass is 32.1. The van der Waals surface area contributed by atoms with Crippen molar-refractivity contribution in [2.45, 2.75) is 13.3 Å². The quantitative estimate of drug-likeness (QED) is 0.523. The zero-order valence-corrected chi connectivity index (χ0v) is 17.6. The molecule has 30 heavy (non-hydrogen) atoms. The van der Waals surface area contributed by atoms with Gasteiger partial charge in [0.05, 0.1) is 37.7 Å². The minimum atomic E-state index is -0.450. The van der Waals surface area contributed by atoms with Gasteiger partial charge in [0, 0.05) is 5.38 Å². The Labute approximate surface area is 178 Å². The lowest BCUT2D eigenvalue weighted by molar-refractivity contribution is -0.115. The van der Waals surface area contributed by atoms with Crippen molar-refractivity contribution < 1.29 is 19.1 Å². The van der Waals surface area contributed by atoms with Crippen molar-refractivity contribution in [1.29, 1.82) is 0 Å². The number of hydrogen-bond acceptors (Lipinski definition) is 6. The highest BCUT2D eigenvalue weighted by Gasteiger charge is 2.13. The fraction of sp³-hybridized carbons (Fsp3) is 0.190. The van der Waals surface area contributed by atoms with Crippen LogP contribution >= 0.6 is 11.3 Å². The third-order valence-electron chi connectivity index (χ3n) is 4.10. The van der Waals surface area contributed by atoms with Crippen LogP contribution in [0.4, 0.5) is 21.3 Å². The molecule has 0 radical (unpaired) electrons. The Balaban J connectivity index is 1.58. The van der Waals surface area contributed by atoms with Crippen molar-refractivity contribution in [2.75, 3.05) is 30.2 Å². The standard InChI is InChI=1S/C21H22N4O4S/c1-13-8-9-18(29-3)16(10-13)23-19(26)11-14-12-30-21(22-14)25-20(27)24-15-6-4-5-7-17(15)28-2/h4-10,12H,11H2,1-3H3,(H,23,26)(H2,22,24,25,27). The molecular formula is C21H22N4O4S. The third kappa shape index (κ3) is 5.48. The summed E-state index contributed by atoms with van der Waals surface area (Å²) in [7, 11) is 3.08. The van der Waals surface area contributed by atoms with E-state index in [0.29, 0.717) is 33.7 Å². The molecular weight excluding hydrogens is 404 g/mol. The number of aryl methyl sites for hydroxylation is 1. The average Bonchev–Trinajstić information content (AvgIpc) is 3.14. The molecule has 1 aromatic heterocycles. The first-order valence-corrected chi connectivity index (χ1v) is 9.96. The lowest BCUT2D eigenvalue weighted by Gasteiger charge is -2.10. The third-order valence-corrected chi connectivity index (χ3v) is 4.90. The number of urea groups is 1. The Kier molecular flexibility index (Phi) is 6.87. The molecule has 0 fully saturated rings. The van der Waals surface area contributed by atoms with Gasteiger partial charge in [-0.1, -0.05) is 18.2 Å². The van der Waals surface area contributed by atoms with Gasteiger partial charge in [-0.3, -0.25) is 10.1 Å². The van der Waals surface area contributed by atoms with Crippen LogP contribution in [-0.4, -0.2) is 31.1 Å². The van der Waals surface area contributed by atoms with E-state index in [4.69, 9.17) is 9.47 Å². The molecule has 3 aromatic rings. The molecule has 0 unspecified atom stereocenters. The van der Waals surface area contributed by atoms with E-state index in [1.807, 2.05) is 25.1 Å². The van der Waals surface area contributed by atoms with Gasteiger partial charge in [0.2, 0.25) is 5.91 Å². The van der Waals surface area contributed by atoms with Gasteiger partial charge in [-0.25, -0.2) is 9.78 Å². The summed E-state index contributed by atoms with van der Waals surface area (Å²) in [6, 6.07) is 12.2. The summed E-state index contributed by atoms with van der Waals surface area (Å²) in [5, 5.41) is 10.3. The maximum Gasteiger partial charge on any atom is 0.325 e. The van der Waals surface area contributed by atoms with E-state index in [-0.39, 0.29) is 12.3 Å². The summed E-state index contributed by atoms with van der Waals surface area (Å²) in [6.45, 7) is 1.93. The molecule has 0 aliphatic carbocycles. The molecule has 0 aliphatic rings. The highest BCUT2D eigenvalue weighted by Crippen LogP contribution is 2.26. The lowest BCUT2D eigenvalue weighted by Crippen LogP contribution is -2.20. The van der Waals surface area contributed by atoms with Crippen molar-refractivity contribution in [2.24, 2.45) is 0 Å². The molecule has 8 nitrogen and oxygen atoms in total. The maximum absolute atomic E-state index is 12.4. The van der Waals surface area contributed by atoms with E-state index in [1.54, 1.807) is 36.8 Å². The molecule has 0 bridgehead atoms. The molecule has 2 aromatic carbocycles. The van der Waals surface area contributed by atoms with Crippen LogP contribution in [0.3, 0.4) is 0 Å². The Morgan fingerprint density at radius 3 is 2.47 bits per heavy atom. The number of benzene rings is 2.